The molecular formula is C16H24FNO. The summed E-state index contributed by atoms with van der Waals surface area (Å²) >= 11 is 0. The van der Waals surface area contributed by atoms with Crippen molar-refractivity contribution in [2.75, 3.05) is 13.2 Å². The van der Waals surface area contributed by atoms with Gasteiger partial charge in [-0.2, -0.15) is 0 Å². The molecule has 2 atom stereocenters. The van der Waals surface area contributed by atoms with Crippen LogP contribution in [0.5, 0.6) is 5.75 Å². The monoisotopic (exact) mass is 265 g/mol. The van der Waals surface area contributed by atoms with Gasteiger partial charge in [-0.1, -0.05) is 19.8 Å². The van der Waals surface area contributed by atoms with Gasteiger partial charge in [-0.3, -0.25) is 0 Å². The zero-order valence-corrected chi connectivity index (χ0v) is 11.9. The lowest BCUT2D eigenvalue weighted by Gasteiger charge is -2.29. The highest BCUT2D eigenvalue weighted by Gasteiger charge is 2.20. The Morgan fingerprint density at radius 3 is 2.84 bits per heavy atom. The Balaban J connectivity index is 1.71. The minimum absolute atomic E-state index is 0.209. The molecule has 1 aliphatic carbocycles. The van der Waals surface area contributed by atoms with Crippen molar-refractivity contribution in [3.8, 4) is 5.75 Å². The lowest BCUT2D eigenvalue weighted by atomic mass is 9.86. The molecular weight excluding hydrogens is 241 g/mol. The van der Waals surface area contributed by atoms with E-state index in [1.54, 1.807) is 6.07 Å². The molecule has 0 saturated heterocycles. The van der Waals surface area contributed by atoms with Crippen LogP contribution in [0.15, 0.2) is 18.2 Å². The number of hydrogen-bond acceptors (Lipinski definition) is 2. The molecule has 106 valence electrons. The summed E-state index contributed by atoms with van der Waals surface area (Å²) in [6.07, 6.45) is 5.30. The Labute approximate surface area is 115 Å². The van der Waals surface area contributed by atoms with Crippen LogP contribution < -0.4 is 10.1 Å². The van der Waals surface area contributed by atoms with Gasteiger partial charge < -0.3 is 10.1 Å². The number of benzene rings is 1. The molecule has 0 bridgehead atoms. The second-order valence-corrected chi connectivity index (χ2v) is 5.58. The summed E-state index contributed by atoms with van der Waals surface area (Å²) < 4.78 is 18.6. The van der Waals surface area contributed by atoms with Crippen molar-refractivity contribution in [2.24, 2.45) is 5.92 Å². The molecule has 1 fully saturated rings. The third-order valence-electron chi connectivity index (χ3n) is 4.01. The van der Waals surface area contributed by atoms with E-state index in [4.69, 9.17) is 4.74 Å². The molecule has 1 saturated carbocycles. The molecule has 0 radical (unpaired) electrons. The average Bonchev–Trinajstić information content (AvgIpc) is 2.38. The second-order valence-electron chi connectivity index (χ2n) is 5.58. The quantitative estimate of drug-likeness (QED) is 0.820. The molecule has 3 heteroatoms. The van der Waals surface area contributed by atoms with E-state index in [0.717, 1.165) is 23.8 Å². The number of aryl methyl sites for hydroxylation is 1. The topological polar surface area (TPSA) is 21.3 Å². The van der Waals surface area contributed by atoms with Crippen molar-refractivity contribution in [1.29, 1.82) is 0 Å². The minimum atomic E-state index is -0.209. The van der Waals surface area contributed by atoms with Crippen molar-refractivity contribution >= 4 is 0 Å². The number of hydrogen-bond donors (Lipinski definition) is 1. The van der Waals surface area contributed by atoms with Crippen LogP contribution in [0.4, 0.5) is 4.39 Å². The summed E-state index contributed by atoms with van der Waals surface area (Å²) in [5.74, 6) is 1.33. The Hall–Kier alpha value is -1.09. The lowest BCUT2D eigenvalue weighted by molar-refractivity contribution is 0.250. The molecule has 2 unspecified atom stereocenters. The normalized spacial score (nSPS) is 23.3. The SMILES string of the molecule is Cc1cc(F)ccc1OCCNC1CCCCC1C. The Morgan fingerprint density at radius 2 is 2.11 bits per heavy atom. The summed E-state index contributed by atoms with van der Waals surface area (Å²) in [5, 5.41) is 3.57. The van der Waals surface area contributed by atoms with Crippen LogP contribution in [-0.4, -0.2) is 19.2 Å². The maximum absolute atomic E-state index is 13.0. The molecule has 0 amide bonds. The van der Waals surface area contributed by atoms with Gasteiger partial charge in [-0.25, -0.2) is 4.39 Å². The second kappa shape index (κ2) is 6.90. The van der Waals surface area contributed by atoms with Gasteiger partial charge >= 0.3 is 0 Å². The predicted molar refractivity (Wildman–Crippen MR) is 76.1 cm³/mol. The lowest BCUT2D eigenvalue weighted by Crippen LogP contribution is -2.39. The number of halogens is 1. The van der Waals surface area contributed by atoms with Gasteiger partial charge in [0.2, 0.25) is 0 Å². The van der Waals surface area contributed by atoms with Gasteiger partial charge in [0.25, 0.3) is 0 Å². The van der Waals surface area contributed by atoms with E-state index in [2.05, 4.69) is 12.2 Å². The van der Waals surface area contributed by atoms with E-state index < -0.39 is 0 Å². The van der Waals surface area contributed by atoms with E-state index in [9.17, 15) is 4.39 Å². The number of nitrogens with one attached hydrogen (secondary N) is 1. The predicted octanol–water partition coefficient (Wildman–Crippen LogP) is 3.68. The van der Waals surface area contributed by atoms with Gasteiger partial charge in [0.15, 0.2) is 0 Å². The van der Waals surface area contributed by atoms with Gasteiger partial charge in [-0.15, -0.1) is 0 Å². The van der Waals surface area contributed by atoms with Crippen molar-refractivity contribution in [1.82, 2.24) is 5.32 Å². The van der Waals surface area contributed by atoms with Crippen molar-refractivity contribution in [3.05, 3.63) is 29.6 Å². The Bertz CT molecular complexity index is 408. The smallest absolute Gasteiger partial charge is 0.123 e. The fourth-order valence-electron chi connectivity index (χ4n) is 2.80. The molecule has 1 aliphatic rings. The molecule has 2 nitrogen and oxygen atoms in total. The van der Waals surface area contributed by atoms with Crippen molar-refractivity contribution in [3.63, 3.8) is 0 Å². The zero-order valence-electron chi connectivity index (χ0n) is 11.9. The third kappa shape index (κ3) is 4.20. The van der Waals surface area contributed by atoms with Gasteiger partial charge in [0.1, 0.15) is 18.2 Å². The minimum Gasteiger partial charge on any atom is -0.492 e. The van der Waals surface area contributed by atoms with E-state index in [1.165, 1.54) is 37.8 Å². The number of rotatable bonds is 5. The fraction of sp³-hybridized carbons (Fsp3) is 0.625. The molecule has 2 rings (SSSR count). The molecule has 1 aromatic rings. The van der Waals surface area contributed by atoms with Crippen LogP contribution in [0.1, 0.15) is 38.2 Å². The molecule has 0 aromatic heterocycles. The van der Waals surface area contributed by atoms with E-state index in [0.29, 0.717) is 12.6 Å². The molecule has 0 aliphatic heterocycles. The summed E-state index contributed by atoms with van der Waals surface area (Å²) in [6.45, 7) is 5.68. The highest BCUT2D eigenvalue weighted by molar-refractivity contribution is 5.32. The number of ether oxygens (including phenoxy) is 1. The first-order chi connectivity index (χ1) is 9.16. The van der Waals surface area contributed by atoms with Crippen LogP contribution in [0, 0.1) is 18.7 Å². The van der Waals surface area contributed by atoms with Crippen LogP contribution in [0.2, 0.25) is 0 Å². The van der Waals surface area contributed by atoms with Crippen LogP contribution in [0.25, 0.3) is 0 Å². The van der Waals surface area contributed by atoms with Crippen LogP contribution in [-0.2, 0) is 0 Å². The molecule has 0 heterocycles. The average molecular weight is 265 g/mol. The molecule has 1 N–H and O–H groups in total. The van der Waals surface area contributed by atoms with Gasteiger partial charge in [-0.05, 0) is 49.4 Å². The Kier molecular flexibility index (Phi) is 5.20. The summed E-state index contributed by atoms with van der Waals surface area (Å²) in [7, 11) is 0. The highest BCUT2D eigenvalue weighted by Crippen LogP contribution is 2.23. The summed E-state index contributed by atoms with van der Waals surface area (Å²) in [4.78, 5) is 0. The van der Waals surface area contributed by atoms with Crippen LogP contribution in [0.3, 0.4) is 0 Å². The molecule has 1 aromatic carbocycles. The van der Waals surface area contributed by atoms with E-state index in [-0.39, 0.29) is 5.82 Å². The third-order valence-corrected chi connectivity index (χ3v) is 4.01. The first kappa shape index (κ1) is 14.3. The molecule has 0 spiro atoms. The first-order valence-electron chi connectivity index (χ1n) is 7.29. The standard InChI is InChI=1S/C16H24FNO/c1-12-5-3-4-6-15(12)18-9-10-19-16-8-7-14(17)11-13(16)2/h7-8,11-12,15,18H,3-6,9-10H2,1-2H3. The molecule has 19 heavy (non-hydrogen) atoms. The maximum atomic E-state index is 13.0. The first-order valence-corrected chi connectivity index (χ1v) is 7.29. The van der Waals surface area contributed by atoms with E-state index >= 15 is 0 Å². The summed E-state index contributed by atoms with van der Waals surface area (Å²) in [6, 6.07) is 5.28. The van der Waals surface area contributed by atoms with Gasteiger partial charge in [0.05, 0.1) is 0 Å². The largest absolute Gasteiger partial charge is 0.492 e. The Morgan fingerprint density at radius 1 is 1.32 bits per heavy atom. The van der Waals surface area contributed by atoms with Crippen molar-refractivity contribution in [2.45, 2.75) is 45.6 Å². The van der Waals surface area contributed by atoms with Gasteiger partial charge in [0, 0.05) is 12.6 Å². The maximum Gasteiger partial charge on any atom is 0.123 e. The van der Waals surface area contributed by atoms with Crippen LogP contribution >= 0.6 is 0 Å². The summed E-state index contributed by atoms with van der Waals surface area (Å²) in [5.41, 5.74) is 0.853. The van der Waals surface area contributed by atoms with E-state index in [1.807, 2.05) is 6.92 Å². The fourth-order valence-corrected chi connectivity index (χ4v) is 2.80. The highest BCUT2D eigenvalue weighted by atomic mass is 19.1. The zero-order chi connectivity index (χ0) is 13.7. The van der Waals surface area contributed by atoms with Crippen molar-refractivity contribution < 1.29 is 9.13 Å².